The fraction of sp³-hybridized carbons (Fsp3) is 0.217. The van der Waals surface area contributed by atoms with Crippen LogP contribution in [-0.2, 0) is 6.61 Å². The maximum Gasteiger partial charge on any atom is 0.250 e. The smallest absolute Gasteiger partial charge is 0.250 e. The molecule has 1 aliphatic heterocycles. The van der Waals surface area contributed by atoms with Gasteiger partial charge in [-0.2, -0.15) is 4.98 Å². The Balaban J connectivity index is 1.62. The molecular weight excluding hydrogens is 481 g/mol. The van der Waals surface area contributed by atoms with Crippen LogP contribution in [0, 0.1) is 5.82 Å². The van der Waals surface area contributed by atoms with Crippen molar-refractivity contribution >= 4 is 41.5 Å². The van der Waals surface area contributed by atoms with E-state index in [9.17, 15) is 14.0 Å². The normalized spacial score (nSPS) is 15.4. The van der Waals surface area contributed by atoms with Crippen molar-refractivity contribution in [1.82, 2.24) is 9.97 Å². The van der Waals surface area contributed by atoms with Crippen molar-refractivity contribution in [2.45, 2.75) is 28.9 Å². The van der Waals surface area contributed by atoms with Gasteiger partial charge in [0.05, 0.1) is 27.2 Å². The molecule has 1 aromatic heterocycles. The van der Waals surface area contributed by atoms with Gasteiger partial charge in [0, 0.05) is 24.0 Å². The van der Waals surface area contributed by atoms with Crippen LogP contribution in [-0.4, -0.2) is 41.3 Å². The highest BCUT2D eigenvalue weighted by Gasteiger charge is 2.23. The number of carbonyl (C=O) groups is 2. The molecule has 0 bridgehead atoms. The van der Waals surface area contributed by atoms with E-state index >= 15 is 0 Å². The number of aromatic nitrogens is 2. The molecule has 1 amide bonds. The minimum absolute atomic E-state index is 0.0469. The van der Waals surface area contributed by atoms with Gasteiger partial charge in [0.2, 0.25) is 17.7 Å². The number of rotatable bonds is 8. The third-order valence-corrected chi connectivity index (χ3v) is 6.52. The lowest BCUT2D eigenvalue weighted by atomic mass is 10.1. The minimum Gasteiger partial charge on any atom is -0.472 e. The van der Waals surface area contributed by atoms with Gasteiger partial charge in [0.1, 0.15) is 12.4 Å². The van der Waals surface area contributed by atoms with Crippen LogP contribution in [0.4, 0.5) is 10.3 Å². The zero-order valence-electron chi connectivity index (χ0n) is 17.9. The molecule has 1 atom stereocenters. The van der Waals surface area contributed by atoms with Crippen molar-refractivity contribution < 1.29 is 18.7 Å². The standard InChI is InChI=1S/C23H21ClFN5O3S/c24-18-8-16(2-3-17(18)21(27)32)34-20-9-28-23(30-6-5-15(26)10-30)29-22(20)33-12-13-1-4-19(25)14(7-13)11-31/h1-4,7-9,11,15H,5-6,10,12,26H2,(H2,27,32)/t15-/m1/s1. The number of hydrogen-bond acceptors (Lipinski definition) is 8. The van der Waals surface area contributed by atoms with Gasteiger partial charge in [0.15, 0.2) is 6.29 Å². The van der Waals surface area contributed by atoms with Crippen molar-refractivity contribution in [3.05, 3.63) is 70.1 Å². The zero-order valence-corrected chi connectivity index (χ0v) is 19.5. The van der Waals surface area contributed by atoms with Gasteiger partial charge in [-0.3, -0.25) is 9.59 Å². The first-order valence-electron chi connectivity index (χ1n) is 10.3. The predicted molar refractivity (Wildman–Crippen MR) is 127 cm³/mol. The maximum absolute atomic E-state index is 13.7. The van der Waals surface area contributed by atoms with E-state index in [2.05, 4.69) is 9.97 Å². The molecule has 1 fully saturated rings. The van der Waals surface area contributed by atoms with Gasteiger partial charge >= 0.3 is 0 Å². The van der Waals surface area contributed by atoms with E-state index in [1.807, 2.05) is 4.90 Å². The molecule has 2 heterocycles. The van der Waals surface area contributed by atoms with Crippen LogP contribution < -0.4 is 21.1 Å². The first-order valence-corrected chi connectivity index (χ1v) is 11.5. The lowest BCUT2D eigenvalue weighted by Crippen LogP contribution is -2.27. The fourth-order valence-electron chi connectivity index (χ4n) is 3.45. The van der Waals surface area contributed by atoms with Crippen LogP contribution in [0.1, 0.15) is 32.7 Å². The monoisotopic (exact) mass is 501 g/mol. The van der Waals surface area contributed by atoms with Crippen molar-refractivity contribution in [3.63, 3.8) is 0 Å². The third kappa shape index (κ3) is 5.46. The Kier molecular flexibility index (Phi) is 7.30. The molecule has 0 aliphatic carbocycles. The average Bonchev–Trinajstić information content (AvgIpc) is 3.25. The molecule has 4 rings (SSSR count). The third-order valence-electron chi connectivity index (χ3n) is 5.21. The molecule has 3 aromatic rings. The quantitative estimate of drug-likeness (QED) is 0.450. The summed E-state index contributed by atoms with van der Waals surface area (Å²) >= 11 is 7.48. The summed E-state index contributed by atoms with van der Waals surface area (Å²) < 4.78 is 19.6. The zero-order chi connectivity index (χ0) is 24.2. The number of nitrogens with two attached hydrogens (primary N) is 2. The molecule has 1 aliphatic rings. The lowest BCUT2D eigenvalue weighted by Gasteiger charge is -2.18. The molecule has 34 heavy (non-hydrogen) atoms. The number of benzene rings is 2. The molecule has 4 N–H and O–H groups in total. The van der Waals surface area contributed by atoms with Gasteiger partial charge in [-0.1, -0.05) is 29.4 Å². The molecule has 11 heteroatoms. The molecule has 0 unspecified atom stereocenters. The van der Waals surface area contributed by atoms with Crippen molar-refractivity contribution in [2.24, 2.45) is 11.5 Å². The second-order valence-corrected chi connectivity index (χ2v) is 9.23. The second-order valence-electron chi connectivity index (χ2n) is 7.70. The van der Waals surface area contributed by atoms with Crippen LogP contribution in [0.3, 0.4) is 0 Å². The summed E-state index contributed by atoms with van der Waals surface area (Å²) in [6.07, 6.45) is 2.94. The molecule has 176 valence electrons. The van der Waals surface area contributed by atoms with E-state index < -0.39 is 11.7 Å². The van der Waals surface area contributed by atoms with E-state index in [1.165, 1.54) is 23.9 Å². The number of ether oxygens (including phenoxy) is 1. The summed E-state index contributed by atoms with van der Waals surface area (Å²) in [7, 11) is 0. The summed E-state index contributed by atoms with van der Waals surface area (Å²) in [6, 6.07) is 9.13. The van der Waals surface area contributed by atoms with Gasteiger partial charge in [-0.15, -0.1) is 0 Å². The van der Waals surface area contributed by atoms with Crippen LogP contribution in [0.15, 0.2) is 52.4 Å². The SMILES string of the molecule is NC(=O)c1ccc(Sc2cnc(N3CC[C@@H](N)C3)nc2OCc2ccc(F)c(C=O)c2)cc1Cl. The summed E-state index contributed by atoms with van der Waals surface area (Å²) in [5.74, 6) is -0.415. The van der Waals surface area contributed by atoms with Crippen LogP contribution in [0.5, 0.6) is 5.88 Å². The number of amides is 1. The Morgan fingerprint density at radius 3 is 2.82 bits per heavy atom. The van der Waals surface area contributed by atoms with Gasteiger partial charge in [0.25, 0.3) is 0 Å². The fourth-order valence-corrected chi connectivity index (χ4v) is 4.65. The van der Waals surface area contributed by atoms with Crippen LogP contribution in [0.2, 0.25) is 5.02 Å². The van der Waals surface area contributed by atoms with E-state index in [0.717, 1.165) is 17.9 Å². The Morgan fingerprint density at radius 2 is 2.15 bits per heavy atom. The Hall–Kier alpha value is -3.21. The molecule has 0 radical (unpaired) electrons. The molecular formula is C23H21ClFN5O3S. The summed E-state index contributed by atoms with van der Waals surface area (Å²) in [6.45, 7) is 1.43. The number of carbonyl (C=O) groups excluding carboxylic acids is 2. The van der Waals surface area contributed by atoms with Crippen molar-refractivity contribution in [3.8, 4) is 5.88 Å². The molecule has 1 saturated heterocycles. The number of anilines is 1. The number of hydrogen-bond donors (Lipinski definition) is 2. The van der Waals surface area contributed by atoms with Gasteiger partial charge in [-0.05, 0) is 42.3 Å². The Labute approximate surface area is 204 Å². The van der Waals surface area contributed by atoms with Gasteiger partial charge in [-0.25, -0.2) is 9.37 Å². The number of halogens is 2. The number of primary amides is 1. The Bertz CT molecular complexity index is 1250. The highest BCUT2D eigenvalue weighted by molar-refractivity contribution is 7.99. The number of nitrogens with zero attached hydrogens (tertiary/aromatic N) is 3. The molecule has 8 nitrogen and oxygen atoms in total. The van der Waals surface area contributed by atoms with Gasteiger partial charge < -0.3 is 21.1 Å². The number of aldehydes is 1. The van der Waals surface area contributed by atoms with Crippen molar-refractivity contribution in [1.29, 1.82) is 0 Å². The van der Waals surface area contributed by atoms with Crippen LogP contribution >= 0.6 is 23.4 Å². The van der Waals surface area contributed by atoms with Crippen molar-refractivity contribution in [2.75, 3.05) is 18.0 Å². The average molecular weight is 502 g/mol. The van der Waals surface area contributed by atoms with E-state index in [-0.39, 0.29) is 28.8 Å². The molecule has 0 spiro atoms. The Morgan fingerprint density at radius 1 is 1.32 bits per heavy atom. The summed E-state index contributed by atoms with van der Waals surface area (Å²) in [5, 5.41) is 0.233. The largest absolute Gasteiger partial charge is 0.472 e. The van der Waals surface area contributed by atoms with E-state index in [4.69, 9.17) is 27.8 Å². The highest BCUT2D eigenvalue weighted by Crippen LogP contribution is 2.36. The summed E-state index contributed by atoms with van der Waals surface area (Å²) in [4.78, 5) is 34.9. The van der Waals surface area contributed by atoms with E-state index in [0.29, 0.717) is 35.1 Å². The topological polar surface area (TPSA) is 124 Å². The predicted octanol–water partition coefficient (Wildman–Crippen LogP) is 3.45. The minimum atomic E-state index is -0.615. The van der Waals surface area contributed by atoms with E-state index in [1.54, 1.807) is 30.5 Å². The maximum atomic E-state index is 13.7. The highest BCUT2D eigenvalue weighted by atomic mass is 35.5. The first-order chi connectivity index (χ1) is 16.3. The molecule has 2 aromatic carbocycles. The lowest BCUT2D eigenvalue weighted by molar-refractivity contribution is 0.1000. The van der Waals surface area contributed by atoms with Crippen LogP contribution in [0.25, 0.3) is 0 Å². The first kappa shape index (κ1) is 23.9. The molecule has 0 saturated carbocycles. The summed E-state index contributed by atoms with van der Waals surface area (Å²) in [5.41, 5.74) is 12.1. The second kappa shape index (κ2) is 10.4.